The van der Waals surface area contributed by atoms with Crippen LogP contribution in [0.1, 0.15) is 41.3 Å². The Labute approximate surface area is 195 Å². The number of benzene rings is 2. The van der Waals surface area contributed by atoms with Crippen molar-refractivity contribution in [3.63, 3.8) is 0 Å². The second-order valence-electron chi connectivity index (χ2n) is 8.95. The van der Waals surface area contributed by atoms with Gasteiger partial charge in [-0.1, -0.05) is 42.5 Å². The third kappa shape index (κ3) is 5.20. The first-order valence-electron chi connectivity index (χ1n) is 12.0. The van der Waals surface area contributed by atoms with Crippen molar-refractivity contribution in [2.45, 2.75) is 38.4 Å². The second-order valence-corrected chi connectivity index (χ2v) is 8.95. The maximum absolute atomic E-state index is 5.59. The molecule has 1 unspecified atom stereocenters. The van der Waals surface area contributed by atoms with E-state index in [9.17, 15) is 0 Å². The van der Waals surface area contributed by atoms with E-state index in [1.807, 2.05) is 6.20 Å². The number of rotatable bonds is 9. The Kier molecular flexibility index (Phi) is 6.88. The van der Waals surface area contributed by atoms with Gasteiger partial charge < -0.3 is 11.1 Å². The van der Waals surface area contributed by atoms with Crippen molar-refractivity contribution in [1.82, 2.24) is 15.2 Å². The highest BCUT2D eigenvalue weighted by Crippen LogP contribution is 2.34. The van der Waals surface area contributed by atoms with Crippen LogP contribution in [0.25, 0.3) is 0 Å². The molecule has 6 nitrogen and oxygen atoms in total. The van der Waals surface area contributed by atoms with Gasteiger partial charge in [0.2, 0.25) is 5.84 Å². The molecule has 5 rings (SSSR count). The number of aromatic nitrogens is 1. The summed E-state index contributed by atoms with van der Waals surface area (Å²) in [6, 6.07) is 21.9. The van der Waals surface area contributed by atoms with Crippen molar-refractivity contribution in [3.05, 3.63) is 89.2 Å². The molecule has 0 spiro atoms. The summed E-state index contributed by atoms with van der Waals surface area (Å²) in [5.41, 5.74) is 13.1. The quantitative estimate of drug-likeness (QED) is 0.352. The van der Waals surface area contributed by atoms with Crippen LogP contribution in [0.15, 0.2) is 71.9 Å². The lowest BCUT2D eigenvalue weighted by atomic mass is 9.90. The Morgan fingerprint density at radius 1 is 1.00 bits per heavy atom. The zero-order valence-electron chi connectivity index (χ0n) is 19.1. The van der Waals surface area contributed by atoms with Gasteiger partial charge in [-0.3, -0.25) is 15.2 Å². The van der Waals surface area contributed by atoms with Crippen LogP contribution in [0.4, 0.5) is 11.4 Å². The molecule has 170 valence electrons. The Bertz CT molecular complexity index is 1110. The standard InChI is InChI=1S/C27H32N6/c28-14-16-29-17-20-10-12-21(13-11-20)18-33(19-26-31-23-7-1-2-8-24(23)32-26)25-9-3-5-22-6-4-15-30-27(22)25/h1-2,4,6-8,10-13,15,25,29H,3,5,9,14,16-19,28H2,(H,31,32)/p+1. The summed E-state index contributed by atoms with van der Waals surface area (Å²) in [6.07, 6.45) is 5.39. The van der Waals surface area contributed by atoms with E-state index in [0.29, 0.717) is 12.6 Å². The van der Waals surface area contributed by atoms with Gasteiger partial charge in [0, 0.05) is 38.4 Å². The summed E-state index contributed by atoms with van der Waals surface area (Å²) in [6.45, 7) is 4.04. The van der Waals surface area contributed by atoms with Crippen LogP contribution in [-0.2, 0) is 19.5 Å². The normalized spacial score (nSPS) is 17.0. The Morgan fingerprint density at radius 2 is 1.85 bits per heavy atom. The van der Waals surface area contributed by atoms with Crippen LogP contribution < -0.4 is 16.4 Å². The highest BCUT2D eigenvalue weighted by Gasteiger charge is 2.30. The van der Waals surface area contributed by atoms with Crippen LogP contribution in [0.3, 0.4) is 0 Å². The molecule has 3 aromatic rings. The van der Waals surface area contributed by atoms with Crippen molar-refractivity contribution in [1.29, 1.82) is 0 Å². The zero-order chi connectivity index (χ0) is 22.5. The van der Waals surface area contributed by atoms with Crippen LogP contribution in [0.2, 0.25) is 0 Å². The number of aryl methyl sites for hydroxylation is 1. The lowest BCUT2D eigenvalue weighted by molar-refractivity contribution is -0.441. The zero-order valence-corrected chi connectivity index (χ0v) is 19.1. The van der Waals surface area contributed by atoms with Crippen molar-refractivity contribution in [2.75, 3.05) is 19.6 Å². The molecule has 33 heavy (non-hydrogen) atoms. The van der Waals surface area contributed by atoms with E-state index in [0.717, 1.165) is 50.5 Å². The van der Waals surface area contributed by atoms with E-state index in [-0.39, 0.29) is 0 Å². The Balaban J connectivity index is 1.37. The van der Waals surface area contributed by atoms with Gasteiger partial charge in [0.1, 0.15) is 5.69 Å². The Morgan fingerprint density at radius 3 is 2.70 bits per heavy atom. The maximum Gasteiger partial charge on any atom is 0.219 e. The van der Waals surface area contributed by atoms with Crippen molar-refractivity contribution < 1.29 is 5.32 Å². The fraction of sp³-hybridized carbons (Fsp3) is 0.333. The molecule has 0 bridgehead atoms. The molecule has 2 aromatic carbocycles. The lowest BCUT2D eigenvalue weighted by Crippen LogP contribution is -2.82. The van der Waals surface area contributed by atoms with Crippen LogP contribution in [0, 0.1) is 0 Å². The predicted octanol–water partition coefficient (Wildman–Crippen LogP) is 2.95. The van der Waals surface area contributed by atoms with Gasteiger partial charge in [-0.25, -0.2) is 0 Å². The largest absolute Gasteiger partial charge is 0.329 e. The number of quaternary nitrogens is 1. The van der Waals surface area contributed by atoms with Crippen molar-refractivity contribution >= 4 is 17.2 Å². The summed E-state index contributed by atoms with van der Waals surface area (Å²) in [4.78, 5) is 12.3. The molecule has 1 aromatic heterocycles. The summed E-state index contributed by atoms with van der Waals surface area (Å²) in [5.74, 6) is 1.13. The number of fused-ring (bicyclic) bond motifs is 2. The fourth-order valence-corrected chi connectivity index (χ4v) is 4.92. The van der Waals surface area contributed by atoms with Gasteiger partial charge in [0.05, 0.1) is 18.3 Å². The minimum Gasteiger partial charge on any atom is -0.329 e. The summed E-state index contributed by atoms with van der Waals surface area (Å²) in [7, 11) is 0. The van der Waals surface area contributed by atoms with Gasteiger partial charge in [-0.15, -0.1) is 0 Å². The minimum absolute atomic E-state index is 0.306. The first-order valence-corrected chi connectivity index (χ1v) is 12.0. The highest BCUT2D eigenvalue weighted by atomic mass is 15.2. The predicted molar refractivity (Wildman–Crippen MR) is 133 cm³/mol. The Hall–Kier alpha value is -2.90. The molecule has 1 atom stereocenters. The van der Waals surface area contributed by atoms with Gasteiger partial charge in [-0.2, -0.15) is 4.99 Å². The highest BCUT2D eigenvalue weighted by molar-refractivity contribution is 5.86. The smallest absolute Gasteiger partial charge is 0.219 e. The number of hydrogen-bond donors (Lipinski definition) is 3. The van der Waals surface area contributed by atoms with Crippen molar-refractivity contribution in [3.8, 4) is 0 Å². The number of hydrogen-bond acceptors (Lipinski definition) is 5. The molecular formula is C27H33N6+. The monoisotopic (exact) mass is 441 g/mol. The average molecular weight is 442 g/mol. The number of nitrogens with zero attached hydrogens (tertiary/aromatic N) is 3. The maximum atomic E-state index is 5.59. The first kappa shape index (κ1) is 21.9. The van der Waals surface area contributed by atoms with E-state index in [2.05, 4.69) is 76.2 Å². The average Bonchev–Trinajstić information content (AvgIpc) is 3.27. The number of nitrogens with one attached hydrogen (secondary N) is 1. The number of para-hydroxylation sites is 2. The summed E-state index contributed by atoms with van der Waals surface area (Å²) < 4.78 is 0. The topological polar surface area (TPSA) is 83.1 Å². The van der Waals surface area contributed by atoms with E-state index in [4.69, 9.17) is 15.7 Å². The molecule has 0 saturated heterocycles. The molecule has 0 saturated carbocycles. The molecule has 2 heterocycles. The fourth-order valence-electron chi connectivity index (χ4n) is 4.92. The first-order chi connectivity index (χ1) is 16.3. The molecule has 2 aliphatic rings. The number of nitrogens with two attached hydrogens (primary N) is 2. The molecule has 1 aliphatic heterocycles. The molecule has 5 N–H and O–H groups in total. The van der Waals surface area contributed by atoms with Gasteiger partial charge in [-0.05, 0) is 48.1 Å². The van der Waals surface area contributed by atoms with Crippen LogP contribution >= 0.6 is 0 Å². The van der Waals surface area contributed by atoms with Crippen LogP contribution in [-0.4, -0.2) is 35.4 Å². The van der Waals surface area contributed by atoms with E-state index < -0.39 is 0 Å². The van der Waals surface area contributed by atoms with E-state index >= 15 is 0 Å². The molecule has 0 amide bonds. The third-order valence-electron chi connectivity index (χ3n) is 6.55. The molecule has 1 aliphatic carbocycles. The molecule has 6 heteroatoms. The van der Waals surface area contributed by atoms with Crippen LogP contribution in [0.5, 0.6) is 0 Å². The molecular weight excluding hydrogens is 408 g/mol. The molecule has 0 radical (unpaired) electrons. The number of aliphatic imine (C=N–C) groups is 1. The van der Waals surface area contributed by atoms with Gasteiger partial charge in [0.25, 0.3) is 0 Å². The molecule has 0 fully saturated rings. The SMILES string of the molecule is NCCNCc1ccc(CN(CC2=Nc3ccccc3[NH2+]2)C2CCCc3cccnc32)cc1. The van der Waals surface area contributed by atoms with Crippen molar-refractivity contribution in [2.24, 2.45) is 10.7 Å². The van der Waals surface area contributed by atoms with Gasteiger partial charge in [0.15, 0.2) is 5.69 Å². The lowest BCUT2D eigenvalue weighted by Gasteiger charge is -2.34. The number of pyridine rings is 1. The second kappa shape index (κ2) is 10.4. The van der Waals surface area contributed by atoms with E-state index in [1.165, 1.54) is 34.5 Å². The minimum atomic E-state index is 0.306. The van der Waals surface area contributed by atoms with E-state index in [1.54, 1.807) is 0 Å². The number of amidine groups is 1. The summed E-state index contributed by atoms with van der Waals surface area (Å²) in [5, 5.41) is 5.60. The van der Waals surface area contributed by atoms with Gasteiger partial charge >= 0.3 is 0 Å². The third-order valence-corrected chi connectivity index (χ3v) is 6.55. The summed E-state index contributed by atoms with van der Waals surface area (Å²) >= 11 is 0.